The van der Waals surface area contributed by atoms with Gasteiger partial charge in [0.2, 0.25) is 17.8 Å². The maximum Gasteiger partial charge on any atom is 0.283 e. The van der Waals surface area contributed by atoms with Crippen LogP contribution >= 0.6 is 0 Å². The first-order valence-corrected chi connectivity index (χ1v) is 6.33. The van der Waals surface area contributed by atoms with E-state index in [1.165, 1.54) is 0 Å². The van der Waals surface area contributed by atoms with E-state index in [9.17, 15) is 15.0 Å². The zero-order chi connectivity index (χ0) is 14.0. The molecule has 0 fully saturated rings. The number of carbonyl (C=O) groups is 1. The van der Waals surface area contributed by atoms with Gasteiger partial charge in [-0.25, -0.2) is 4.98 Å². The molecule has 0 radical (unpaired) electrons. The van der Waals surface area contributed by atoms with Crippen molar-refractivity contribution in [1.82, 2.24) is 19.8 Å². The number of H-pyrrole nitrogens is 1. The summed E-state index contributed by atoms with van der Waals surface area (Å²) < 4.78 is -0.361. The van der Waals surface area contributed by atoms with Crippen molar-refractivity contribution >= 4 is 11.7 Å². The fourth-order valence-electron chi connectivity index (χ4n) is 2.18. The van der Waals surface area contributed by atoms with Gasteiger partial charge in [0, 0.05) is 6.42 Å². The number of amides is 1. The Morgan fingerprint density at radius 1 is 1.42 bits per heavy atom. The summed E-state index contributed by atoms with van der Waals surface area (Å²) in [6, 6.07) is 0. The van der Waals surface area contributed by atoms with E-state index < -0.39 is 25.7 Å². The van der Waals surface area contributed by atoms with Crippen molar-refractivity contribution in [1.29, 1.82) is 0 Å². The number of aliphatic hydroxyl groups is 2. The highest BCUT2D eigenvalue weighted by molar-refractivity contribution is 5.98. The van der Waals surface area contributed by atoms with Crippen LogP contribution in [-0.4, -0.2) is 45.8 Å². The highest BCUT2D eigenvalue weighted by Crippen LogP contribution is 2.29. The number of quaternary nitrogens is 1. The van der Waals surface area contributed by atoms with E-state index in [1.807, 2.05) is 0 Å². The van der Waals surface area contributed by atoms with Crippen LogP contribution in [0.15, 0.2) is 0 Å². The molecule has 1 aromatic heterocycles. The summed E-state index contributed by atoms with van der Waals surface area (Å²) in [5.74, 6) is 0.644. The largest absolute Gasteiger partial charge is 0.347 e. The monoisotopic (exact) mass is 270 g/mol. The van der Waals surface area contributed by atoms with Gasteiger partial charge in [-0.2, -0.15) is 4.48 Å². The van der Waals surface area contributed by atoms with Crippen LogP contribution in [0.3, 0.4) is 0 Å². The number of aromatic amines is 1. The molecular formula is C11H20N5O3+. The van der Waals surface area contributed by atoms with Gasteiger partial charge in [-0.1, -0.05) is 13.3 Å². The standard InChI is InChI=1S/C11H19N5O3/c1-2-3-4-7-13-8-9(14-7)16(5-17,6-18)11(12)15-10(8)19/h11,17-18H,2-6,12H2,1H3,(H-,13,14,15,19)/p+1. The smallest absolute Gasteiger partial charge is 0.283 e. The maximum atomic E-state index is 11.9. The molecule has 2 heterocycles. The van der Waals surface area contributed by atoms with Crippen LogP contribution in [0.25, 0.3) is 0 Å². The number of imidazole rings is 1. The Bertz CT molecular complexity index is 469. The van der Waals surface area contributed by atoms with E-state index in [0.29, 0.717) is 18.1 Å². The van der Waals surface area contributed by atoms with Crippen LogP contribution in [0, 0.1) is 0 Å². The van der Waals surface area contributed by atoms with Gasteiger partial charge in [-0.15, -0.1) is 0 Å². The van der Waals surface area contributed by atoms with Gasteiger partial charge in [0.1, 0.15) is 5.82 Å². The first kappa shape index (κ1) is 13.9. The van der Waals surface area contributed by atoms with Crippen LogP contribution in [0.1, 0.15) is 36.1 Å². The summed E-state index contributed by atoms with van der Waals surface area (Å²) in [5, 5.41) is 21.6. The average molecular weight is 270 g/mol. The lowest BCUT2D eigenvalue weighted by Gasteiger charge is -2.39. The second-order valence-electron chi connectivity index (χ2n) is 4.72. The van der Waals surface area contributed by atoms with E-state index >= 15 is 0 Å². The topological polar surface area (TPSA) is 124 Å². The third-order valence-electron chi connectivity index (χ3n) is 3.48. The second kappa shape index (κ2) is 5.25. The van der Waals surface area contributed by atoms with E-state index in [-0.39, 0.29) is 10.2 Å². The normalized spacial score (nSPS) is 21.1. The van der Waals surface area contributed by atoms with Crippen molar-refractivity contribution in [2.75, 3.05) is 13.5 Å². The molecule has 1 aliphatic heterocycles. The molecule has 2 rings (SSSR count). The van der Waals surface area contributed by atoms with Crippen molar-refractivity contribution in [3.63, 3.8) is 0 Å². The van der Waals surface area contributed by atoms with Crippen LogP contribution in [0.2, 0.25) is 0 Å². The zero-order valence-electron chi connectivity index (χ0n) is 10.9. The molecule has 6 N–H and O–H groups in total. The first-order valence-electron chi connectivity index (χ1n) is 6.33. The van der Waals surface area contributed by atoms with E-state index in [0.717, 1.165) is 12.8 Å². The van der Waals surface area contributed by atoms with Crippen molar-refractivity contribution in [3.8, 4) is 0 Å². The zero-order valence-corrected chi connectivity index (χ0v) is 10.9. The van der Waals surface area contributed by atoms with E-state index in [2.05, 4.69) is 22.2 Å². The van der Waals surface area contributed by atoms with Crippen molar-refractivity contribution in [2.45, 2.75) is 32.5 Å². The number of nitrogens with two attached hydrogens (primary N) is 1. The molecule has 1 aromatic rings. The summed E-state index contributed by atoms with van der Waals surface area (Å²) in [7, 11) is 0. The SMILES string of the molecule is CCCCc1nc2c([nH]1)[N+](CO)(CO)C(N)NC2=O. The number of hydrogen-bond donors (Lipinski definition) is 5. The van der Waals surface area contributed by atoms with Gasteiger partial charge in [-0.3, -0.25) is 20.8 Å². The third-order valence-corrected chi connectivity index (χ3v) is 3.48. The Balaban J connectivity index is 2.44. The number of unbranched alkanes of at least 4 members (excludes halogenated alkanes) is 1. The van der Waals surface area contributed by atoms with Gasteiger partial charge >= 0.3 is 0 Å². The molecule has 0 saturated carbocycles. The average Bonchev–Trinajstić information content (AvgIpc) is 2.83. The number of hydrogen-bond acceptors (Lipinski definition) is 5. The molecule has 1 atom stereocenters. The van der Waals surface area contributed by atoms with E-state index in [1.54, 1.807) is 0 Å². The van der Waals surface area contributed by atoms with Crippen LogP contribution in [0.4, 0.5) is 5.82 Å². The molecule has 0 bridgehead atoms. The lowest BCUT2D eigenvalue weighted by Crippen LogP contribution is -2.71. The molecule has 0 spiro atoms. The molecule has 0 aliphatic carbocycles. The predicted molar refractivity (Wildman–Crippen MR) is 68.6 cm³/mol. The van der Waals surface area contributed by atoms with Gasteiger partial charge in [-0.05, 0) is 6.42 Å². The van der Waals surface area contributed by atoms with Gasteiger partial charge < -0.3 is 10.2 Å². The van der Waals surface area contributed by atoms with Crippen molar-refractivity contribution < 1.29 is 15.0 Å². The summed E-state index contributed by atoms with van der Waals surface area (Å²) in [6.45, 7) is 1.20. The number of aliphatic hydroxyl groups excluding tert-OH is 2. The minimum Gasteiger partial charge on any atom is -0.347 e. The quantitative estimate of drug-likeness (QED) is 0.436. The number of aromatic nitrogens is 2. The molecule has 8 nitrogen and oxygen atoms in total. The van der Waals surface area contributed by atoms with Crippen molar-refractivity contribution in [2.24, 2.45) is 5.73 Å². The van der Waals surface area contributed by atoms with Crippen LogP contribution in [-0.2, 0) is 6.42 Å². The van der Waals surface area contributed by atoms with Crippen LogP contribution in [0.5, 0.6) is 0 Å². The fraction of sp³-hybridized carbons (Fsp3) is 0.636. The molecule has 8 heteroatoms. The van der Waals surface area contributed by atoms with Gasteiger partial charge in [0.05, 0.1) is 0 Å². The van der Waals surface area contributed by atoms with Gasteiger partial charge in [0.15, 0.2) is 13.5 Å². The summed E-state index contributed by atoms with van der Waals surface area (Å²) in [6.07, 6.45) is 1.76. The van der Waals surface area contributed by atoms with Crippen molar-refractivity contribution in [3.05, 3.63) is 11.5 Å². The first-order chi connectivity index (χ1) is 9.08. The number of rotatable bonds is 5. The second-order valence-corrected chi connectivity index (χ2v) is 4.72. The minimum atomic E-state index is -0.908. The number of carbonyl (C=O) groups excluding carboxylic acids is 1. The molecular weight excluding hydrogens is 250 g/mol. The van der Waals surface area contributed by atoms with E-state index in [4.69, 9.17) is 5.73 Å². The molecule has 1 unspecified atom stereocenters. The summed E-state index contributed by atoms with van der Waals surface area (Å²) >= 11 is 0. The summed E-state index contributed by atoms with van der Waals surface area (Å²) in [5.41, 5.74) is 6.01. The number of aryl methyl sites for hydroxylation is 1. The molecule has 1 amide bonds. The Morgan fingerprint density at radius 2 is 2.11 bits per heavy atom. The lowest BCUT2D eigenvalue weighted by molar-refractivity contribution is -0.0114. The third kappa shape index (κ3) is 2.12. The Hall–Kier alpha value is -1.48. The molecule has 19 heavy (non-hydrogen) atoms. The number of nitrogens with zero attached hydrogens (tertiary/aromatic N) is 2. The number of nitrogens with one attached hydrogen (secondary N) is 2. The fourth-order valence-corrected chi connectivity index (χ4v) is 2.18. The highest BCUT2D eigenvalue weighted by Gasteiger charge is 2.47. The minimum absolute atomic E-state index is 0.191. The molecule has 106 valence electrons. The predicted octanol–water partition coefficient (Wildman–Crippen LogP) is -1.06. The molecule has 1 aliphatic rings. The summed E-state index contributed by atoms with van der Waals surface area (Å²) in [4.78, 5) is 19.1. The Kier molecular flexibility index (Phi) is 3.85. The lowest BCUT2D eigenvalue weighted by atomic mass is 10.2. The number of fused-ring (bicyclic) bond motifs is 1. The van der Waals surface area contributed by atoms with Crippen LogP contribution < -0.4 is 15.5 Å². The highest BCUT2D eigenvalue weighted by atomic mass is 16.3. The molecule has 0 aromatic carbocycles. The Morgan fingerprint density at radius 3 is 2.68 bits per heavy atom. The van der Waals surface area contributed by atoms with Gasteiger partial charge in [0.25, 0.3) is 5.91 Å². The maximum absolute atomic E-state index is 11.9. The molecule has 0 saturated heterocycles. The Labute approximate surface area is 110 Å².